The molecule has 2 N–H and O–H groups in total. The molecule has 0 aromatic heterocycles. The molecule has 2 aliphatic rings. The van der Waals surface area contributed by atoms with Crippen LogP contribution < -0.4 is 10.6 Å². The number of nitrogens with zero attached hydrogens (tertiary/aromatic N) is 2. The fraction of sp³-hybridized carbons (Fsp3) is 0.917. The molecule has 110 valence electrons. The minimum Gasteiger partial charge on any atom is -0.353 e. The summed E-state index contributed by atoms with van der Waals surface area (Å²) in [6.07, 6.45) is -0.404. The Morgan fingerprint density at radius 2 is 2.16 bits per heavy atom. The zero-order chi connectivity index (χ0) is 14.0. The number of carbonyl (C=O) groups is 1. The quantitative estimate of drug-likeness (QED) is 0.719. The first-order valence-electron chi connectivity index (χ1n) is 6.65. The first-order chi connectivity index (χ1) is 8.87. The molecule has 19 heavy (non-hydrogen) atoms. The van der Waals surface area contributed by atoms with Gasteiger partial charge in [-0.15, -0.1) is 0 Å². The van der Waals surface area contributed by atoms with Crippen molar-refractivity contribution in [3.63, 3.8) is 0 Å². The molecule has 0 aromatic carbocycles. The highest BCUT2D eigenvalue weighted by Crippen LogP contribution is 2.25. The smallest absolute Gasteiger partial charge is 0.262 e. The van der Waals surface area contributed by atoms with E-state index in [-0.39, 0.29) is 11.9 Å². The Labute approximate surface area is 112 Å². The Morgan fingerprint density at radius 1 is 1.42 bits per heavy atom. The normalized spacial score (nSPS) is 32.4. The van der Waals surface area contributed by atoms with Crippen LogP contribution in [0.1, 0.15) is 6.42 Å². The van der Waals surface area contributed by atoms with Gasteiger partial charge in [0.05, 0.1) is 12.6 Å². The van der Waals surface area contributed by atoms with Crippen molar-refractivity contribution >= 4 is 5.91 Å². The second-order valence-corrected chi connectivity index (χ2v) is 5.64. The molecule has 2 fully saturated rings. The highest BCUT2D eigenvalue weighted by molar-refractivity contribution is 5.82. The van der Waals surface area contributed by atoms with Crippen molar-refractivity contribution in [3.8, 4) is 0 Å². The van der Waals surface area contributed by atoms with Gasteiger partial charge >= 0.3 is 0 Å². The molecule has 2 unspecified atom stereocenters. The van der Waals surface area contributed by atoms with Gasteiger partial charge in [0, 0.05) is 38.6 Å². The number of hydrogen-bond acceptors (Lipinski definition) is 4. The van der Waals surface area contributed by atoms with Gasteiger partial charge in [-0.25, -0.2) is 8.78 Å². The van der Waals surface area contributed by atoms with Gasteiger partial charge in [0.15, 0.2) is 0 Å². The summed E-state index contributed by atoms with van der Waals surface area (Å²) in [6.45, 7) is 2.94. The lowest BCUT2D eigenvalue weighted by Gasteiger charge is -2.37. The molecule has 2 atom stereocenters. The third-order valence-electron chi connectivity index (χ3n) is 3.92. The Hall–Kier alpha value is -0.790. The maximum atomic E-state index is 13.0. The number of hydrogen-bond donors (Lipinski definition) is 2. The van der Waals surface area contributed by atoms with Gasteiger partial charge in [-0.3, -0.25) is 15.0 Å². The van der Waals surface area contributed by atoms with Gasteiger partial charge in [0.1, 0.15) is 0 Å². The Morgan fingerprint density at radius 3 is 2.79 bits per heavy atom. The van der Waals surface area contributed by atoms with E-state index in [1.807, 2.05) is 14.1 Å². The van der Waals surface area contributed by atoms with Crippen LogP contribution in [0.4, 0.5) is 8.78 Å². The first kappa shape index (κ1) is 14.6. The largest absolute Gasteiger partial charge is 0.353 e. The molecule has 2 aliphatic heterocycles. The van der Waals surface area contributed by atoms with Crippen molar-refractivity contribution in [3.05, 3.63) is 0 Å². The maximum absolute atomic E-state index is 13.0. The fourth-order valence-corrected chi connectivity index (χ4v) is 2.56. The standard InChI is InChI=1S/C12H22F2N4O/c1-17-3-4-18(2)9(7-17)6-15-11(19)10-5-12(13,14)8-16-10/h9-10,16H,3-8H2,1-2H3,(H,15,19). The summed E-state index contributed by atoms with van der Waals surface area (Å²) in [5, 5.41) is 5.35. The maximum Gasteiger partial charge on any atom is 0.262 e. The van der Waals surface area contributed by atoms with Crippen LogP contribution >= 0.6 is 0 Å². The topological polar surface area (TPSA) is 47.6 Å². The SMILES string of the molecule is CN1CCN(C)C(CNC(=O)C2CC(F)(F)CN2)C1. The lowest BCUT2D eigenvalue weighted by atomic mass is 10.1. The van der Waals surface area contributed by atoms with Crippen LogP contribution in [-0.4, -0.2) is 80.5 Å². The van der Waals surface area contributed by atoms with Crippen LogP contribution in [0.15, 0.2) is 0 Å². The molecule has 2 rings (SSSR count). The van der Waals surface area contributed by atoms with Crippen molar-refractivity contribution in [1.82, 2.24) is 20.4 Å². The molecular weight excluding hydrogens is 254 g/mol. The summed E-state index contributed by atoms with van der Waals surface area (Å²) in [5.74, 6) is -3.08. The van der Waals surface area contributed by atoms with Crippen LogP contribution in [-0.2, 0) is 4.79 Å². The highest BCUT2D eigenvalue weighted by atomic mass is 19.3. The summed E-state index contributed by atoms with van der Waals surface area (Å²) >= 11 is 0. The molecule has 0 bridgehead atoms. The van der Waals surface area contributed by atoms with E-state index in [1.54, 1.807) is 0 Å². The monoisotopic (exact) mass is 276 g/mol. The molecule has 0 aliphatic carbocycles. The number of amides is 1. The number of piperazine rings is 1. The molecule has 0 aromatic rings. The van der Waals surface area contributed by atoms with Crippen LogP contribution in [0.2, 0.25) is 0 Å². The van der Waals surface area contributed by atoms with E-state index in [4.69, 9.17) is 0 Å². The fourth-order valence-electron chi connectivity index (χ4n) is 2.56. The van der Waals surface area contributed by atoms with Crippen molar-refractivity contribution in [2.75, 3.05) is 46.8 Å². The molecule has 1 amide bonds. The van der Waals surface area contributed by atoms with Crippen LogP contribution in [0.5, 0.6) is 0 Å². The molecular formula is C12H22F2N4O. The molecule has 2 heterocycles. The lowest BCUT2D eigenvalue weighted by Crippen LogP contribution is -2.55. The molecule has 5 nitrogen and oxygen atoms in total. The summed E-state index contributed by atoms with van der Waals surface area (Å²) < 4.78 is 26.0. The molecule has 2 saturated heterocycles. The minimum atomic E-state index is -2.76. The van der Waals surface area contributed by atoms with Gasteiger partial charge in [0.25, 0.3) is 5.92 Å². The zero-order valence-electron chi connectivity index (χ0n) is 11.5. The number of nitrogens with one attached hydrogen (secondary N) is 2. The third-order valence-corrected chi connectivity index (χ3v) is 3.92. The number of rotatable bonds is 3. The van der Waals surface area contributed by atoms with Crippen LogP contribution in [0.3, 0.4) is 0 Å². The predicted molar refractivity (Wildman–Crippen MR) is 68.3 cm³/mol. The molecule has 0 spiro atoms. The van der Waals surface area contributed by atoms with E-state index in [2.05, 4.69) is 20.4 Å². The number of carbonyl (C=O) groups excluding carboxylic acids is 1. The summed E-state index contributed by atoms with van der Waals surface area (Å²) in [4.78, 5) is 16.2. The second-order valence-electron chi connectivity index (χ2n) is 5.64. The van der Waals surface area contributed by atoms with E-state index in [0.29, 0.717) is 6.54 Å². The number of halogens is 2. The van der Waals surface area contributed by atoms with E-state index in [0.717, 1.165) is 19.6 Å². The van der Waals surface area contributed by atoms with Gasteiger partial charge in [-0.05, 0) is 14.1 Å². The summed E-state index contributed by atoms with van der Waals surface area (Å²) in [5.41, 5.74) is 0. The van der Waals surface area contributed by atoms with Gasteiger partial charge in [-0.2, -0.15) is 0 Å². The Balaban J connectivity index is 1.77. The molecule has 0 radical (unpaired) electrons. The molecule has 0 saturated carbocycles. The molecule has 7 heteroatoms. The first-order valence-corrected chi connectivity index (χ1v) is 6.65. The minimum absolute atomic E-state index is 0.240. The van der Waals surface area contributed by atoms with Gasteiger partial charge in [-0.1, -0.05) is 0 Å². The van der Waals surface area contributed by atoms with E-state index in [1.165, 1.54) is 0 Å². The lowest BCUT2D eigenvalue weighted by molar-refractivity contribution is -0.123. The van der Waals surface area contributed by atoms with E-state index < -0.39 is 24.9 Å². The average molecular weight is 276 g/mol. The van der Waals surface area contributed by atoms with Crippen molar-refractivity contribution in [2.45, 2.75) is 24.4 Å². The Bertz CT molecular complexity index is 340. The second kappa shape index (κ2) is 5.68. The van der Waals surface area contributed by atoms with Crippen LogP contribution in [0, 0.1) is 0 Å². The Kier molecular flexibility index (Phi) is 4.37. The van der Waals surface area contributed by atoms with Crippen molar-refractivity contribution in [1.29, 1.82) is 0 Å². The third kappa shape index (κ3) is 3.84. The van der Waals surface area contributed by atoms with Gasteiger partial charge in [0.2, 0.25) is 5.91 Å². The zero-order valence-corrected chi connectivity index (χ0v) is 11.5. The number of alkyl halides is 2. The highest BCUT2D eigenvalue weighted by Gasteiger charge is 2.42. The summed E-state index contributed by atoms with van der Waals surface area (Å²) in [7, 11) is 4.06. The van der Waals surface area contributed by atoms with E-state index >= 15 is 0 Å². The van der Waals surface area contributed by atoms with E-state index in [9.17, 15) is 13.6 Å². The predicted octanol–water partition coefficient (Wildman–Crippen LogP) is -0.654. The van der Waals surface area contributed by atoms with Crippen LogP contribution in [0.25, 0.3) is 0 Å². The van der Waals surface area contributed by atoms with Gasteiger partial charge < -0.3 is 10.2 Å². The average Bonchev–Trinajstić information content (AvgIpc) is 2.70. The summed E-state index contributed by atoms with van der Waals surface area (Å²) in [6, 6.07) is -0.522. The van der Waals surface area contributed by atoms with Crippen molar-refractivity contribution in [2.24, 2.45) is 0 Å². The van der Waals surface area contributed by atoms with Crippen molar-refractivity contribution < 1.29 is 13.6 Å². The number of likely N-dealkylation sites (N-methyl/N-ethyl adjacent to an activating group) is 2.